The molecule has 2 nitrogen and oxygen atoms in total. The molecule has 0 heterocycles. The molecule has 0 aromatic heterocycles. The number of carbonyl (C=O) groups is 1. The molecule has 0 fully saturated rings. The Morgan fingerprint density at radius 2 is 1.81 bits per heavy atom. The molecule has 3 heteroatoms. The first-order valence-electron chi connectivity index (χ1n) is 6.63. The Bertz CT molecular complexity index is 695. The molecule has 0 bridgehead atoms. The summed E-state index contributed by atoms with van der Waals surface area (Å²) in [5.41, 5.74) is 3.09. The monoisotopic (exact) mass is 341 g/mol. The molecule has 0 aliphatic heterocycles. The molecule has 0 radical (unpaired) electrons. The first kappa shape index (κ1) is 15.3. The minimum Gasteiger partial charge on any atom is -0.331 e. The van der Waals surface area contributed by atoms with Crippen molar-refractivity contribution in [2.24, 2.45) is 0 Å². The lowest BCUT2D eigenvalue weighted by atomic mass is 10.1. The summed E-state index contributed by atoms with van der Waals surface area (Å²) in [4.78, 5) is 13.6. The summed E-state index contributed by atoms with van der Waals surface area (Å²) in [6.07, 6.45) is 0. The SMILES string of the molecule is Cc1ccc(C#CC(=O)N(C)Cc2ccccc2Br)cc1. The maximum absolute atomic E-state index is 12.0. The van der Waals surface area contributed by atoms with Crippen LogP contribution in [0.4, 0.5) is 0 Å². The molecule has 106 valence electrons. The van der Waals surface area contributed by atoms with Crippen LogP contribution in [0.2, 0.25) is 0 Å². The van der Waals surface area contributed by atoms with Gasteiger partial charge in [-0.3, -0.25) is 4.79 Å². The average molecular weight is 342 g/mol. The highest BCUT2D eigenvalue weighted by molar-refractivity contribution is 9.10. The van der Waals surface area contributed by atoms with E-state index in [1.807, 2.05) is 55.5 Å². The number of carbonyl (C=O) groups excluding carboxylic acids is 1. The fourth-order valence-electron chi connectivity index (χ4n) is 1.81. The van der Waals surface area contributed by atoms with Gasteiger partial charge in [-0.15, -0.1) is 0 Å². The molecule has 0 aliphatic rings. The maximum Gasteiger partial charge on any atom is 0.298 e. The number of amides is 1. The minimum atomic E-state index is -0.189. The molecule has 0 unspecified atom stereocenters. The molecule has 1 amide bonds. The average Bonchev–Trinajstić information content (AvgIpc) is 2.48. The van der Waals surface area contributed by atoms with Crippen molar-refractivity contribution in [3.8, 4) is 11.8 Å². The fourth-order valence-corrected chi connectivity index (χ4v) is 2.22. The van der Waals surface area contributed by atoms with Gasteiger partial charge >= 0.3 is 0 Å². The van der Waals surface area contributed by atoms with Gasteiger partial charge in [0.25, 0.3) is 5.91 Å². The lowest BCUT2D eigenvalue weighted by Gasteiger charge is -2.14. The van der Waals surface area contributed by atoms with Crippen molar-refractivity contribution in [2.75, 3.05) is 7.05 Å². The summed E-state index contributed by atoms with van der Waals surface area (Å²) in [5.74, 6) is 5.39. The molecular weight excluding hydrogens is 326 g/mol. The van der Waals surface area contributed by atoms with Gasteiger partial charge in [0.1, 0.15) is 0 Å². The Balaban J connectivity index is 2.04. The number of hydrogen-bond acceptors (Lipinski definition) is 1. The van der Waals surface area contributed by atoms with E-state index >= 15 is 0 Å². The molecule has 21 heavy (non-hydrogen) atoms. The molecule has 2 aromatic carbocycles. The number of rotatable bonds is 2. The number of hydrogen-bond donors (Lipinski definition) is 0. The van der Waals surface area contributed by atoms with Crippen LogP contribution in [0.5, 0.6) is 0 Å². The zero-order chi connectivity index (χ0) is 15.2. The van der Waals surface area contributed by atoms with Crippen molar-refractivity contribution in [2.45, 2.75) is 13.5 Å². The van der Waals surface area contributed by atoms with Crippen molar-refractivity contribution in [1.29, 1.82) is 0 Å². The van der Waals surface area contributed by atoms with E-state index in [1.165, 1.54) is 5.56 Å². The minimum absolute atomic E-state index is 0.189. The third kappa shape index (κ3) is 4.47. The third-order valence-corrected chi connectivity index (χ3v) is 3.85. The van der Waals surface area contributed by atoms with E-state index in [0.29, 0.717) is 6.54 Å². The molecule has 0 saturated carbocycles. The quantitative estimate of drug-likeness (QED) is 0.761. The van der Waals surface area contributed by atoms with Gasteiger partial charge in [-0.25, -0.2) is 0 Å². The van der Waals surface area contributed by atoms with E-state index in [-0.39, 0.29) is 5.91 Å². The van der Waals surface area contributed by atoms with E-state index in [4.69, 9.17) is 0 Å². The van der Waals surface area contributed by atoms with Gasteiger partial charge in [-0.05, 0) is 30.7 Å². The fraction of sp³-hybridized carbons (Fsp3) is 0.167. The Kier molecular flexibility index (Phi) is 5.19. The van der Waals surface area contributed by atoms with Crippen LogP contribution in [-0.4, -0.2) is 17.9 Å². The highest BCUT2D eigenvalue weighted by atomic mass is 79.9. The van der Waals surface area contributed by atoms with E-state index in [0.717, 1.165) is 15.6 Å². The van der Waals surface area contributed by atoms with Crippen LogP contribution in [-0.2, 0) is 11.3 Å². The second-order valence-electron chi connectivity index (χ2n) is 4.87. The molecule has 0 atom stereocenters. The Labute approximate surface area is 133 Å². The Morgan fingerprint density at radius 1 is 1.14 bits per heavy atom. The van der Waals surface area contributed by atoms with Gasteiger partial charge in [-0.2, -0.15) is 0 Å². The van der Waals surface area contributed by atoms with Gasteiger partial charge in [0.05, 0.1) is 0 Å². The normalized spacial score (nSPS) is 9.67. The predicted molar refractivity (Wildman–Crippen MR) is 88.7 cm³/mol. The van der Waals surface area contributed by atoms with Gasteiger partial charge in [-0.1, -0.05) is 57.7 Å². The summed E-state index contributed by atoms with van der Waals surface area (Å²) in [6.45, 7) is 2.55. The van der Waals surface area contributed by atoms with Gasteiger partial charge < -0.3 is 4.90 Å². The van der Waals surface area contributed by atoms with Crippen molar-refractivity contribution in [3.63, 3.8) is 0 Å². The van der Waals surface area contributed by atoms with Crippen LogP contribution in [0.15, 0.2) is 53.0 Å². The summed E-state index contributed by atoms with van der Waals surface area (Å²) >= 11 is 3.48. The largest absolute Gasteiger partial charge is 0.331 e. The number of benzene rings is 2. The highest BCUT2D eigenvalue weighted by Gasteiger charge is 2.07. The molecule has 2 rings (SSSR count). The van der Waals surface area contributed by atoms with Crippen LogP contribution in [0.25, 0.3) is 0 Å². The van der Waals surface area contributed by atoms with Gasteiger partial charge in [0, 0.05) is 29.5 Å². The standard InChI is InChI=1S/C18H16BrNO/c1-14-7-9-15(10-8-14)11-12-18(21)20(2)13-16-5-3-4-6-17(16)19/h3-10H,13H2,1-2H3. The zero-order valence-electron chi connectivity index (χ0n) is 12.1. The van der Waals surface area contributed by atoms with E-state index < -0.39 is 0 Å². The van der Waals surface area contributed by atoms with Crippen LogP contribution >= 0.6 is 15.9 Å². The van der Waals surface area contributed by atoms with E-state index in [9.17, 15) is 4.79 Å². The first-order valence-corrected chi connectivity index (χ1v) is 7.43. The third-order valence-electron chi connectivity index (χ3n) is 3.08. The highest BCUT2D eigenvalue weighted by Crippen LogP contribution is 2.17. The van der Waals surface area contributed by atoms with Crippen LogP contribution in [0.3, 0.4) is 0 Å². The van der Waals surface area contributed by atoms with Crippen molar-refractivity contribution in [1.82, 2.24) is 4.90 Å². The smallest absolute Gasteiger partial charge is 0.298 e. The molecule has 0 saturated heterocycles. The lowest BCUT2D eigenvalue weighted by Crippen LogP contribution is -2.24. The van der Waals surface area contributed by atoms with E-state index in [1.54, 1.807) is 11.9 Å². The number of halogens is 1. The maximum atomic E-state index is 12.0. The summed E-state index contributed by atoms with van der Waals surface area (Å²) < 4.78 is 0.996. The zero-order valence-corrected chi connectivity index (χ0v) is 13.6. The predicted octanol–water partition coefficient (Wildman–Crippen LogP) is 3.77. The van der Waals surface area contributed by atoms with E-state index in [2.05, 4.69) is 27.8 Å². The summed E-state index contributed by atoms with van der Waals surface area (Å²) in [6, 6.07) is 15.7. The molecule has 0 aliphatic carbocycles. The van der Waals surface area contributed by atoms with Gasteiger partial charge in [0.2, 0.25) is 0 Å². The topological polar surface area (TPSA) is 20.3 Å². The second-order valence-corrected chi connectivity index (χ2v) is 5.72. The number of nitrogens with zero attached hydrogens (tertiary/aromatic N) is 1. The Morgan fingerprint density at radius 3 is 2.48 bits per heavy atom. The lowest BCUT2D eigenvalue weighted by molar-refractivity contribution is -0.124. The first-order chi connectivity index (χ1) is 10.1. The van der Waals surface area contributed by atoms with Gasteiger partial charge in [0.15, 0.2) is 0 Å². The summed E-state index contributed by atoms with van der Waals surface area (Å²) in [5, 5.41) is 0. The van der Waals surface area contributed by atoms with Crippen LogP contribution in [0.1, 0.15) is 16.7 Å². The Hall–Kier alpha value is -2.05. The van der Waals surface area contributed by atoms with Crippen molar-refractivity contribution >= 4 is 21.8 Å². The second kappa shape index (κ2) is 7.10. The molecule has 0 N–H and O–H groups in total. The molecule has 2 aromatic rings. The summed E-state index contributed by atoms with van der Waals surface area (Å²) in [7, 11) is 1.76. The van der Waals surface area contributed by atoms with Crippen molar-refractivity contribution < 1.29 is 4.79 Å². The van der Waals surface area contributed by atoms with Crippen molar-refractivity contribution in [3.05, 3.63) is 69.7 Å². The van der Waals surface area contributed by atoms with Crippen LogP contribution in [0, 0.1) is 18.8 Å². The molecular formula is C18H16BrNO. The molecule has 0 spiro atoms. The van der Waals surface area contributed by atoms with Crippen LogP contribution < -0.4 is 0 Å². The number of aryl methyl sites for hydroxylation is 1.